The van der Waals surface area contributed by atoms with Crippen molar-refractivity contribution >= 4 is 21.6 Å². The number of urea groups is 1. The molecule has 1 atom stereocenters. The number of rotatable bonds is 6. The van der Waals surface area contributed by atoms with E-state index in [4.69, 9.17) is 0 Å². The second-order valence-corrected chi connectivity index (χ2v) is 10.4. The highest BCUT2D eigenvalue weighted by molar-refractivity contribution is 7.90. The van der Waals surface area contributed by atoms with Gasteiger partial charge in [-0.3, -0.25) is 4.90 Å². The molecule has 0 saturated heterocycles. The van der Waals surface area contributed by atoms with E-state index < -0.39 is 9.84 Å². The first kappa shape index (κ1) is 23.9. The molecule has 1 N–H and O–H groups in total. The van der Waals surface area contributed by atoms with Crippen LogP contribution in [0.5, 0.6) is 0 Å². The van der Waals surface area contributed by atoms with Gasteiger partial charge in [0.15, 0.2) is 14.9 Å². The van der Waals surface area contributed by atoms with Gasteiger partial charge in [-0.2, -0.15) is 5.10 Å². The van der Waals surface area contributed by atoms with Crippen molar-refractivity contribution in [2.75, 3.05) is 17.7 Å². The third kappa shape index (κ3) is 5.11. The van der Waals surface area contributed by atoms with Crippen LogP contribution in [0.1, 0.15) is 49.9 Å². The molecule has 1 aromatic carbocycles. The molecule has 1 aliphatic rings. The smallest absolute Gasteiger partial charge is 0.322 e. The van der Waals surface area contributed by atoms with Gasteiger partial charge in [0.1, 0.15) is 5.82 Å². The van der Waals surface area contributed by atoms with Gasteiger partial charge in [-0.1, -0.05) is 13.3 Å². The number of halogens is 1. The Morgan fingerprint density at radius 2 is 1.97 bits per heavy atom. The molecular weight excluding hydrogens is 457 g/mol. The first-order valence-electron chi connectivity index (χ1n) is 11.3. The minimum Gasteiger partial charge on any atom is -0.331 e. The molecule has 8 nitrogen and oxygen atoms in total. The molecule has 0 radical (unpaired) electrons. The molecule has 2 aromatic heterocycles. The fraction of sp³-hybridized carbons (Fsp3) is 0.375. The maximum atomic E-state index is 13.4. The Bertz CT molecular complexity index is 1270. The van der Waals surface area contributed by atoms with Crippen molar-refractivity contribution in [3.63, 3.8) is 0 Å². The highest BCUT2D eigenvalue weighted by atomic mass is 32.2. The van der Waals surface area contributed by atoms with Gasteiger partial charge < -0.3 is 5.32 Å². The number of amides is 2. The predicted molar refractivity (Wildman–Crippen MR) is 127 cm³/mol. The van der Waals surface area contributed by atoms with Crippen LogP contribution in [-0.4, -0.2) is 42.0 Å². The Kier molecular flexibility index (Phi) is 6.97. The van der Waals surface area contributed by atoms with Crippen LogP contribution in [0, 0.1) is 5.82 Å². The molecule has 3 aromatic rings. The number of sulfone groups is 1. The first-order valence-corrected chi connectivity index (χ1v) is 13.2. The number of benzene rings is 1. The second-order valence-electron chi connectivity index (χ2n) is 8.46. The number of carbonyl (C=O) groups excluding carboxylic acids is 1. The van der Waals surface area contributed by atoms with Gasteiger partial charge in [-0.15, -0.1) is 0 Å². The van der Waals surface area contributed by atoms with Crippen LogP contribution in [0.3, 0.4) is 0 Å². The van der Waals surface area contributed by atoms with E-state index in [-0.39, 0.29) is 22.9 Å². The molecule has 34 heavy (non-hydrogen) atoms. The van der Waals surface area contributed by atoms with Gasteiger partial charge in [0.25, 0.3) is 0 Å². The second kappa shape index (κ2) is 9.92. The number of nitrogens with zero attached hydrogens (tertiary/aromatic N) is 4. The summed E-state index contributed by atoms with van der Waals surface area (Å²) in [5.74, 6) is -0.319. The fourth-order valence-corrected chi connectivity index (χ4v) is 4.81. The van der Waals surface area contributed by atoms with Gasteiger partial charge >= 0.3 is 6.03 Å². The zero-order valence-electron chi connectivity index (χ0n) is 19.2. The van der Waals surface area contributed by atoms with Gasteiger partial charge in [0.05, 0.1) is 29.3 Å². The van der Waals surface area contributed by atoms with E-state index in [9.17, 15) is 17.6 Å². The van der Waals surface area contributed by atoms with Crippen molar-refractivity contribution in [2.24, 2.45) is 0 Å². The van der Waals surface area contributed by atoms with Crippen molar-refractivity contribution in [3.05, 3.63) is 65.9 Å². The van der Waals surface area contributed by atoms with Gasteiger partial charge in [-0.25, -0.2) is 27.3 Å². The quantitative estimate of drug-likeness (QED) is 0.564. The maximum absolute atomic E-state index is 13.4. The van der Waals surface area contributed by atoms with Crippen LogP contribution in [0.4, 0.5) is 14.9 Å². The number of nitrogens with one attached hydrogen (secondary N) is 1. The number of carbonyl (C=O) groups is 1. The lowest BCUT2D eigenvalue weighted by molar-refractivity contribution is 0.241. The molecule has 0 spiro atoms. The third-order valence-corrected chi connectivity index (χ3v) is 6.90. The van der Waals surface area contributed by atoms with Crippen LogP contribution in [0.2, 0.25) is 0 Å². The Morgan fingerprint density at radius 1 is 1.21 bits per heavy atom. The number of pyridine rings is 1. The van der Waals surface area contributed by atoms with E-state index in [1.54, 1.807) is 34.0 Å². The SMILES string of the molecule is CCC[C@H](NC(=O)N1CCCCc2c1cnn2-c1ccc(F)cc1)c1ccnc(S(C)(=O)=O)c1. The normalized spacial score (nSPS) is 14.9. The van der Waals surface area contributed by atoms with Crippen LogP contribution in [0.25, 0.3) is 5.69 Å². The van der Waals surface area contributed by atoms with Crippen LogP contribution in [0.15, 0.2) is 53.8 Å². The summed E-state index contributed by atoms with van der Waals surface area (Å²) in [4.78, 5) is 19.1. The monoisotopic (exact) mass is 485 g/mol. The van der Waals surface area contributed by atoms with E-state index in [0.29, 0.717) is 18.5 Å². The van der Waals surface area contributed by atoms with E-state index in [2.05, 4.69) is 15.4 Å². The summed E-state index contributed by atoms with van der Waals surface area (Å²) in [6.07, 6.45) is 8.16. The van der Waals surface area contributed by atoms with Crippen molar-refractivity contribution in [3.8, 4) is 5.69 Å². The molecule has 10 heteroatoms. The molecule has 3 heterocycles. The molecule has 0 unspecified atom stereocenters. The van der Waals surface area contributed by atoms with Crippen molar-refractivity contribution in [1.29, 1.82) is 0 Å². The maximum Gasteiger partial charge on any atom is 0.322 e. The zero-order valence-corrected chi connectivity index (χ0v) is 20.1. The summed E-state index contributed by atoms with van der Waals surface area (Å²) in [6, 6.07) is 8.73. The molecule has 4 rings (SSSR count). The van der Waals surface area contributed by atoms with Crippen molar-refractivity contribution < 1.29 is 17.6 Å². The Balaban J connectivity index is 1.62. The number of fused-ring (bicyclic) bond motifs is 1. The van der Waals surface area contributed by atoms with Gasteiger partial charge in [-0.05, 0) is 67.6 Å². The van der Waals surface area contributed by atoms with E-state index >= 15 is 0 Å². The van der Waals surface area contributed by atoms with Crippen molar-refractivity contribution in [2.45, 2.75) is 50.1 Å². The first-order chi connectivity index (χ1) is 16.3. The van der Waals surface area contributed by atoms with Gasteiger partial charge in [0.2, 0.25) is 0 Å². The molecule has 0 fully saturated rings. The largest absolute Gasteiger partial charge is 0.331 e. The topological polar surface area (TPSA) is 97.2 Å². The van der Waals surface area contributed by atoms with Crippen LogP contribution in [-0.2, 0) is 16.3 Å². The number of hydrogen-bond donors (Lipinski definition) is 1. The Hall–Kier alpha value is -3.27. The Morgan fingerprint density at radius 3 is 2.68 bits per heavy atom. The molecule has 2 amide bonds. The minimum absolute atomic E-state index is 0.0158. The molecule has 0 saturated carbocycles. The summed E-state index contributed by atoms with van der Waals surface area (Å²) in [5.41, 5.74) is 3.05. The number of aromatic nitrogens is 3. The van der Waals surface area contributed by atoms with Crippen LogP contribution >= 0.6 is 0 Å². The van der Waals surface area contributed by atoms with E-state index in [0.717, 1.165) is 49.0 Å². The highest BCUT2D eigenvalue weighted by Gasteiger charge is 2.27. The standard InChI is InChI=1S/C24H28FN5O3S/c1-3-6-20(17-12-13-26-23(15-17)34(2,32)33)28-24(31)29-14-5-4-7-21-22(29)16-27-30(21)19-10-8-18(25)9-11-19/h8-13,15-16,20H,3-7,14H2,1-2H3,(H,28,31)/t20-/m0/s1. The van der Waals surface area contributed by atoms with Crippen molar-refractivity contribution in [1.82, 2.24) is 20.1 Å². The third-order valence-electron chi connectivity index (χ3n) is 5.92. The van der Waals surface area contributed by atoms with E-state index in [1.807, 2.05) is 6.92 Å². The Labute approximate surface area is 198 Å². The number of anilines is 1. The fourth-order valence-electron chi connectivity index (χ4n) is 4.21. The predicted octanol–water partition coefficient (Wildman–Crippen LogP) is 4.20. The van der Waals surface area contributed by atoms with Gasteiger partial charge in [0, 0.05) is 19.0 Å². The molecular formula is C24H28FN5O3S. The summed E-state index contributed by atoms with van der Waals surface area (Å²) in [5, 5.41) is 7.55. The highest BCUT2D eigenvalue weighted by Crippen LogP contribution is 2.29. The van der Waals surface area contributed by atoms with Crippen LogP contribution < -0.4 is 10.2 Å². The molecule has 180 valence electrons. The van der Waals surface area contributed by atoms with E-state index in [1.165, 1.54) is 24.4 Å². The average Bonchev–Trinajstić information content (AvgIpc) is 3.10. The zero-order chi connectivity index (χ0) is 24.3. The summed E-state index contributed by atoms with van der Waals surface area (Å²) >= 11 is 0. The lowest BCUT2D eigenvalue weighted by atomic mass is 10.0. The summed E-state index contributed by atoms with van der Waals surface area (Å²) in [7, 11) is -3.46. The lowest BCUT2D eigenvalue weighted by Gasteiger charge is -2.26. The summed E-state index contributed by atoms with van der Waals surface area (Å²) < 4.78 is 39.1. The molecule has 0 aliphatic carbocycles. The lowest BCUT2D eigenvalue weighted by Crippen LogP contribution is -2.42. The molecule has 1 aliphatic heterocycles. The molecule has 0 bridgehead atoms. The number of hydrogen-bond acceptors (Lipinski definition) is 5. The average molecular weight is 486 g/mol. The summed E-state index contributed by atoms with van der Waals surface area (Å²) in [6.45, 7) is 2.55. The minimum atomic E-state index is -3.46.